The summed E-state index contributed by atoms with van der Waals surface area (Å²) in [6.07, 6.45) is 0.206. The van der Waals surface area contributed by atoms with Gasteiger partial charge in [0.2, 0.25) is 17.7 Å². The first-order valence-electron chi connectivity index (χ1n) is 11.6. The van der Waals surface area contributed by atoms with Gasteiger partial charge in [0.1, 0.15) is 24.2 Å². The van der Waals surface area contributed by atoms with Crippen LogP contribution in [0.1, 0.15) is 36.5 Å². The Balaban J connectivity index is 1.98. The van der Waals surface area contributed by atoms with Gasteiger partial charge >= 0.3 is 5.97 Å². The number of ether oxygens (including phenoxy) is 2. The number of halogens is 1. The highest BCUT2D eigenvalue weighted by molar-refractivity contribution is 5.99. The van der Waals surface area contributed by atoms with Gasteiger partial charge in [-0.3, -0.25) is 19.2 Å². The minimum atomic E-state index is -1.11. The Morgan fingerprint density at radius 2 is 1.89 bits per heavy atom. The highest BCUT2D eigenvalue weighted by atomic mass is 19.1. The molecule has 0 radical (unpaired) electrons. The van der Waals surface area contributed by atoms with E-state index in [9.17, 15) is 28.4 Å². The maximum absolute atomic E-state index is 14.1. The molecule has 2 aliphatic rings. The van der Waals surface area contributed by atoms with Crippen molar-refractivity contribution in [2.24, 2.45) is 0 Å². The Morgan fingerprint density at radius 1 is 1.17 bits per heavy atom. The zero-order chi connectivity index (χ0) is 26.6. The highest BCUT2D eigenvalue weighted by Crippen LogP contribution is 2.26. The monoisotopic (exact) mass is 506 g/mol. The normalized spacial score (nSPS) is 23.8. The number of nitrogens with zero attached hydrogens (tertiary/aromatic N) is 3. The molecule has 3 atom stereocenters. The summed E-state index contributed by atoms with van der Waals surface area (Å²) in [5.74, 6) is -2.99. The average molecular weight is 507 g/mol. The van der Waals surface area contributed by atoms with Crippen LogP contribution in [0.4, 0.5) is 4.39 Å². The number of benzene rings is 1. The van der Waals surface area contributed by atoms with Crippen molar-refractivity contribution in [3.05, 3.63) is 29.6 Å². The summed E-state index contributed by atoms with van der Waals surface area (Å²) in [5, 5.41) is 2.80. The van der Waals surface area contributed by atoms with E-state index in [1.807, 2.05) is 0 Å². The SMILES string of the molecule is COC(=O)[C@@H]1CCC(=O)N(C)CC(=O)N2C[C@@H](NC(C)=O)C[C@H]2COc2ccc(F)cc2C(=O)N1C. The molecule has 196 valence electrons. The summed E-state index contributed by atoms with van der Waals surface area (Å²) >= 11 is 0. The van der Waals surface area contributed by atoms with Crippen molar-refractivity contribution in [3.8, 4) is 5.75 Å². The lowest BCUT2D eigenvalue weighted by atomic mass is 10.1. The van der Waals surface area contributed by atoms with Gasteiger partial charge in [-0.25, -0.2) is 9.18 Å². The quantitative estimate of drug-likeness (QED) is 0.567. The fraction of sp³-hybridized carbons (Fsp3) is 0.542. The number of likely N-dealkylation sites (N-methyl/N-ethyl adjacent to an activating group) is 2. The topological polar surface area (TPSA) is 126 Å². The minimum Gasteiger partial charge on any atom is -0.491 e. The molecule has 3 rings (SSSR count). The van der Waals surface area contributed by atoms with Crippen molar-refractivity contribution in [2.45, 2.75) is 44.3 Å². The molecule has 1 N–H and O–H groups in total. The van der Waals surface area contributed by atoms with E-state index >= 15 is 0 Å². The molecule has 0 spiro atoms. The Bertz CT molecular complexity index is 1050. The van der Waals surface area contributed by atoms with Gasteiger partial charge < -0.3 is 29.5 Å². The largest absolute Gasteiger partial charge is 0.491 e. The fourth-order valence-corrected chi connectivity index (χ4v) is 4.52. The zero-order valence-electron chi connectivity index (χ0n) is 20.8. The van der Waals surface area contributed by atoms with Crippen molar-refractivity contribution in [1.82, 2.24) is 20.0 Å². The molecule has 2 aliphatic heterocycles. The molecule has 0 bridgehead atoms. The van der Waals surface area contributed by atoms with Crippen LogP contribution in [0.15, 0.2) is 18.2 Å². The Hall–Kier alpha value is -3.70. The number of hydrogen-bond donors (Lipinski definition) is 1. The highest BCUT2D eigenvalue weighted by Gasteiger charge is 2.38. The van der Waals surface area contributed by atoms with Gasteiger partial charge in [0.15, 0.2) is 0 Å². The van der Waals surface area contributed by atoms with Crippen molar-refractivity contribution >= 4 is 29.6 Å². The van der Waals surface area contributed by atoms with Gasteiger partial charge in [0.05, 0.1) is 25.3 Å². The summed E-state index contributed by atoms with van der Waals surface area (Å²) in [6, 6.07) is 1.59. The Morgan fingerprint density at radius 3 is 2.56 bits per heavy atom. The zero-order valence-corrected chi connectivity index (χ0v) is 20.8. The third-order valence-electron chi connectivity index (χ3n) is 6.44. The Kier molecular flexibility index (Phi) is 8.49. The lowest BCUT2D eigenvalue weighted by molar-refractivity contribution is -0.146. The third kappa shape index (κ3) is 6.10. The predicted octanol–water partition coefficient (Wildman–Crippen LogP) is 0.176. The van der Waals surface area contributed by atoms with Crippen molar-refractivity contribution in [3.63, 3.8) is 0 Å². The van der Waals surface area contributed by atoms with Crippen molar-refractivity contribution in [1.29, 1.82) is 0 Å². The second-order valence-electron chi connectivity index (χ2n) is 9.03. The fourth-order valence-electron chi connectivity index (χ4n) is 4.52. The third-order valence-corrected chi connectivity index (χ3v) is 6.44. The number of esters is 1. The molecular formula is C24H31FN4O7. The van der Waals surface area contributed by atoms with E-state index in [0.29, 0.717) is 6.42 Å². The number of nitrogens with one attached hydrogen (secondary N) is 1. The lowest BCUT2D eigenvalue weighted by Crippen LogP contribution is -2.46. The molecule has 0 unspecified atom stereocenters. The lowest BCUT2D eigenvalue weighted by Gasteiger charge is -2.27. The maximum atomic E-state index is 14.1. The number of amides is 4. The average Bonchev–Trinajstić information content (AvgIpc) is 3.23. The number of carbonyl (C=O) groups excluding carboxylic acids is 5. The van der Waals surface area contributed by atoms with Crippen LogP contribution >= 0.6 is 0 Å². The molecule has 36 heavy (non-hydrogen) atoms. The predicted molar refractivity (Wildman–Crippen MR) is 124 cm³/mol. The molecule has 0 aromatic heterocycles. The van der Waals surface area contributed by atoms with Gasteiger partial charge in [-0.05, 0) is 31.0 Å². The number of methoxy groups -OCH3 is 1. The van der Waals surface area contributed by atoms with Crippen LogP contribution < -0.4 is 10.1 Å². The molecule has 12 heteroatoms. The van der Waals surface area contributed by atoms with Crippen LogP contribution in [-0.4, -0.2) is 103 Å². The van der Waals surface area contributed by atoms with Crippen LogP contribution in [-0.2, 0) is 23.9 Å². The molecule has 1 aromatic carbocycles. The molecular weight excluding hydrogens is 475 g/mol. The van der Waals surface area contributed by atoms with E-state index in [4.69, 9.17) is 9.47 Å². The number of rotatable bonds is 2. The molecule has 11 nitrogen and oxygen atoms in total. The molecule has 0 aliphatic carbocycles. The van der Waals surface area contributed by atoms with Crippen LogP contribution in [0.3, 0.4) is 0 Å². The van der Waals surface area contributed by atoms with Crippen molar-refractivity contribution in [2.75, 3.05) is 40.9 Å². The molecule has 1 saturated heterocycles. The van der Waals surface area contributed by atoms with E-state index in [-0.39, 0.29) is 61.7 Å². The smallest absolute Gasteiger partial charge is 0.328 e. The van der Waals surface area contributed by atoms with Gasteiger partial charge in [-0.2, -0.15) is 0 Å². The van der Waals surface area contributed by atoms with Gasteiger partial charge in [0.25, 0.3) is 5.91 Å². The van der Waals surface area contributed by atoms with E-state index in [0.717, 1.165) is 17.0 Å². The van der Waals surface area contributed by atoms with Gasteiger partial charge in [0, 0.05) is 40.0 Å². The Labute approximate surface area is 208 Å². The number of carbonyl (C=O) groups is 5. The summed E-state index contributed by atoms with van der Waals surface area (Å²) < 4.78 is 24.9. The summed E-state index contributed by atoms with van der Waals surface area (Å²) in [5.41, 5.74) is -0.112. The second-order valence-corrected chi connectivity index (χ2v) is 9.03. The first-order chi connectivity index (χ1) is 17.0. The van der Waals surface area contributed by atoms with E-state index in [1.165, 1.54) is 39.1 Å². The molecule has 1 fully saturated rings. The summed E-state index contributed by atoms with van der Waals surface area (Å²) in [6.45, 7) is 1.38. The van der Waals surface area contributed by atoms with Crippen LogP contribution in [0.25, 0.3) is 0 Å². The van der Waals surface area contributed by atoms with E-state index in [2.05, 4.69) is 5.32 Å². The van der Waals surface area contributed by atoms with Gasteiger partial charge in [-0.1, -0.05) is 0 Å². The molecule has 1 aromatic rings. The maximum Gasteiger partial charge on any atom is 0.328 e. The molecule has 2 heterocycles. The van der Waals surface area contributed by atoms with Crippen LogP contribution in [0, 0.1) is 5.82 Å². The number of fused-ring (bicyclic) bond motifs is 2. The first-order valence-corrected chi connectivity index (χ1v) is 11.6. The molecule has 4 amide bonds. The molecule has 0 saturated carbocycles. The van der Waals surface area contributed by atoms with Crippen LogP contribution in [0.2, 0.25) is 0 Å². The second kappa shape index (κ2) is 11.4. The van der Waals surface area contributed by atoms with Gasteiger partial charge in [-0.15, -0.1) is 0 Å². The van der Waals surface area contributed by atoms with E-state index < -0.39 is 35.7 Å². The standard InChI is InChI=1S/C24H31FN4O7/c1-14(30)26-16-10-17-13-36-20-7-5-15(25)9-18(20)23(33)28(3)19(24(34)35-4)6-8-21(31)27(2)12-22(32)29(17)11-16/h5,7,9,16-17,19H,6,8,10-13H2,1-4H3,(H,26,30)/t16-,17-,19-/m0/s1. The first kappa shape index (κ1) is 26.9. The summed E-state index contributed by atoms with van der Waals surface area (Å²) in [4.78, 5) is 67.1. The number of hydrogen-bond acceptors (Lipinski definition) is 7. The van der Waals surface area contributed by atoms with Crippen LogP contribution in [0.5, 0.6) is 5.75 Å². The van der Waals surface area contributed by atoms with E-state index in [1.54, 1.807) is 4.90 Å². The summed E-state index contributed by atoms with van der Waals surface area (Å²) in [7, 11) is 4.01. The minimum absolute atomic E-state index is 0.0322. The van der Waals surface area contributed by atoms with Crippen molar-refractivity contribution < 1.29 is 37.8 Å².